The first-order valence-corrected chi connectivity index (χ1v) is 11.2. The predicted octanol–water partition coefficient (Wildman–Crippen LogP) is 4.03. The molecule has 2 aromatic carbocycles. The summed E-state index contributed by atoms with van der Waals surface area (Å²) in [5.74, 6) is -1.61. The lowest BCUT2D eigenvalue weighted by Gasteiger charge is -2.25. The third-order valence-corrected chi connectivity index (χ3v) is 5.87. The fourth-order valence-corrected chi connectivity index (χ4v) is 3.91. The topological polar surface area (TPSA) is 106 Å². The second kappa shape index (κ2) is 11.3. The van der Waals surface area contributed by atoms with Gasteiger partial charge in [0, 0.05) is 25.8 Å². The molecule has 0 saturated heterocycles. The first-order valence-electron chi connectivity index (χ1n) is 11.2. The molecule has 0 unspecified atom stereocenters. The number of hydrogen-bond acceptors (Lipinski definition) is 7. The van der Waals surface area contributed by atoms with Crippen LogP contribution in [0.1, 0.15) is 43.7 Å². The van der Waals surface area contributed by atoms with Gasteiger partial charge in [-0.3, -0.25) is 4.90 Å². The molecule has 0 radical (unpaired) electrons. The van der Waals surface area contributed by atoms with E-state index in [0.29, 0.717) is 0 Å². The third kappa shape index (κ3) is 5.37. The van der Waals surface area contributed by atoms with E-state index in [2.05, 4.69) is 0 Å². The SMILES string of the molecule is CCOC(=O)[C@H](CCC#N)OC(=O)[C@H](C)N(C)C(=O)OCC1c2ccccc2-c2ccccc21. The van der Waals surface area contributed by atoms with Crippen molar-refractivity contribution in [3.05, 3.63) is 59.7 Å². The summed E-state index contributed by atoms with van der Waals surface area (Å²) in [6.07, 6.45) is -1.85. The Kier molecular flexibility index (Phi) is 8.25. The number of ether oxygens (including phenoxy) is 3. The number of nitriles is 1. The maximum absolute atomic E-state index is 12.7. The zero-order valence-corrected chi connectivity index (χ0v) is 19.5. The number of carbonyl (C=O) groups excluding carboxylic acids is 3. The Hall–Kier alpha value is -3.86. The Bertz CT molecular complexity index is 1050. The molecule has 2 atom stereocenters. The molecule has 34 heavy (non-hydrogen) atoms. The van der Waals surface area contributed by atoms with Gasteiger partial charge in [0.2, 0.25) is 0 Å². The minimum atomic E-state index is -1.20. The number of fused-ring (bicyclic) bond motifs is 3. The van der Waals surface area contributed by atoms with Crippen LogP contribution in [-0.2, 0) is 23.8 Å². The lowest BCUT2D eigenvalue weighted by atomic mass is 9.98. The first kappa shape index (κ1) is 24.8. The number of carbonyl (C=O) groups is 3. The van der Waals surface area contributed by atoms with E-state index in [1.54, 1.807) is 6.92 Å². The van der Waals surface area contributed by atoms with Gasteiger partial charge in [-0.25, -0.2) is 14.4 Å². The summed E-state index contributed by atoms with van der Waals surface area (Å²) in [4.78, 5) is 38.5. The van der Waals surface area contributed by atoms with Gasteiger partial charge in [-0.15, -0.1) is 0 Å². The van der Waals surface area contributed by atoms with E-state index in [1.807, 2.05) is 54.6 Å². The molecule has 0 fully saturated rings. The minimum absolute atomic E-state index is 0.0163. The minimum Gasteiger partial charge on any atom is -0.463 e. The number of rotatable bonds is 9. The van der Waals surface area contributed by atoms with Gasteiger partial charge >= 0.3 is 18.0 Å². The summed E-state index contributed by atoms with van der Waals surface area (Å²) in [6, 6.07) is 16.9. The highest BCUT2D eigenvalue weighted by Crippen LogP contribution is 2.44. The zero-order valence-electron chi connectivity index (χ0n) is 19.5. The Balaban J connectivity index is 1.62. The standard InChI is InChI=1S/C26H28N2O6/c1-4-32-25(30)23(14-9-15-27)34-24(29)17(2)28(3)26(31)33-16-22-20-12-7-5-10-18(20)19-11-6-8-13-21(19)22/h5-8,10-13,17,22-23H,4,9,14,16H2,1-3H3/t17-,23-/m0/s1. The number of hydrogen-bond donors (Lipinski definition) is 0. The molecule has 3 rings (SSSR count). The highest BCUT2D eigenvalue weighted by Gasteiger charge is 2.33. The number of likely N-dealkylation sites (N-methyl/N-ethyl adjacent to an activating group) is 1. The van der Waals surface area contributed by atoms with Crippen LogP contribution in [-0.4, -0.2) is 55.3 Å². The zero-order chi connectivity index (χ0) is 24.7. The van der Waals surface area contributed by atoms with Crippen LogP contribution in [0.15, 0.2) is 48.5 Å². The third-order valence-electron chi connectivity index (χ3n) is 5.87. The van der Waals surface area contributed by atoms with Crippen molar-refractivity contribution < 1.29 is 28.6 Å². The highest BCUT2D eigenvalue weighted by atomic mass is 16.6. The molecule has 0 N–H and O–H groups in total. The summed E-state index contributed by atoms with van der Waals surface area (Å²) in [5, 5.41) is 8.79. The number of nitrogens with zero attached hydrogens (tertiary/aromatic N) is 2. The average molecular weight is 465 g/mol. The number of benzene rings is 2. The molecule has 1 amide bonds. The summed E-state index contributed by atoms with van der Waals surface area (Å²) < 4.78 is 15.7. The van der Waals surface area contributed by atoms with Crippen molar-refractivity contribution in [1.29, 1.82) is 5.26 Å². The van der Waals surface area contributed by atoms with Gasteiger partial charge in [-0.2, -0.15) is 5.26 Å². The molecule has 8 nitrogen and oxygen atoms in total. The fraction of sp³-hybridized carbons (Fsp3) is 0.385. The van der Waals surface area contributed by atoms with Gasteiger partial charge in [0.15, 0.2) is 6.10 Å². The van der Waals surface area contributed by atoms with Crippen molar-refractivity contribution in [2.24, 2.45) is 0 Å². The maximum atomic E-state index is 12.7. The summed E-state index contributed by atoms with van der Waals surface area (Å²) >= 11 is 0. The van der Waals surface area contributed by atoms with Crippen molar-refractivity contribution in [2.75, 3.05) is 20.3 Å². The molecule has 0 saturated carbocycles. The van der Waals surface area contributed by atoms with Crippen LogP contribution in [0.3, 0.4) is 0 Å². The van der Waals surface area contributed by atoms with E-state index in [4.69, 9.17) is 19.5 Å². The van der Waals surface area contributed by atoms with E-state index in [1.165, 1.54) is 14.0 Å². The molecule has 0 bridgehead atoms. The largest absolute Gasteiger partial charge is 0.463 e. The molecule has 178 valence electrons. The maximum Gasteiger partial charge on any atom is 0.410 e. The number of amides is 1. The molecule has 0 aliphatic heterocycles. The van der Waals surface area contributed by atoms with Crippen LogP contribution < -0.4 is 0 Å². The van der Waals surface area contributed by atoms with Crippen LogP contribution in [0.5, 0.6) is 0 Å². The average Bonchev–Trinajstić information content (AvgIpc) is 3.17. The lowest BCUT2D eigenvalue weighted by Crippen LogP contribution is -2.44. The molecular weight excluding hydrogens is 436 g/mol. The van der Waals surface area contributed by atoms with Gasteiger partial charge in [-0.1, -0.05) is 48.5 Å². The molecule has 0 spiro atoms. The van der Waals surface area contributed by atoms with Crippen LogP contribution in [0.4, 0.5) is 4.79 Å². The van der Waals surface area contributed by atoms with Gasteiger partial charge in [0.1, 0.15) is 12.6 Å². The van der Waals surface area contributed by atoms with Crippen LogP contribution >= 0.6 is 0 Å². The molecule has 2 aromatic rings. The van der Waals surface area contributed by atoms with Crippen LogP contribution in [0.2, 0.25) is 0 Å². The Morgan fingerprint density at radius 1 is 1.00 bits per heavy atom. The molecule has 1 aliphatic rings. The monoisotopic (exact) mass is 464 g/mol. The van der Waals surface area contributed by atoms with Gasteiger partial charge in [0.05, 0.1) is 12.7 Å². The Labute approximate surface area is 199 Å². The van der Waals surface area contributed by atoms with E-state index >= 15 is 0 Å². The van der Waals surface area contributed by atoms with Crippen molar-refractivity contribution in [3.8, 4) is 17.2 Å². The smallest absolute Gasteiger partial charge is 0.410 e. The van der Waals surface area contributed by atoms with E-state index in [-0.39, 0.29) is 32.0 Å². The summed E-state index contributed by atoms with van der Waals surface area (Å²) in [5.41, 5.74) is 4.40. The number of esters is 2. The predicted molar refractivity (Wildman–Crippen MR) is 124 cm³/mol. The van der Waals surface area contributed by atoms with E-state index < -0.39 is 30.2 Å². The molecule has 0 heterocycles. The van der Waals surface area contributed by atoms with Gasteiger partial charge in [-0.05, 0) is 36.1 Å². The van der Waals surface area contributed by atoms with Gasteiger partial charge in [0.25, 0.3) is 0 Å². The summed E-state index contributed by atoms with van der Waals surface area (Å²) in [6.45, 7) is 3.35. The molecule has 1 aliphatic carbocycles. The van der Waals surface area contributed by atoms with E-state index in [0.717, 1.165) is 27.2 Å². The molecular formula is C26H28N2O6. The lowest BCUT2D eigenvalue weighted by molar-refractivity contribution is -0.170. The quantitative estimate of drug-likeness (QED) is 0.407. The molecule has 0 aromatic heterocycles. The second-order valence-electron chi connectivity index (χ2n) is 7.97. The normalized spacial score (nSPS) is 13.6. The van der Waals surface area contributed by atoms with Crippen molar-refractivity contribution >= 4 is 18.0 Å². The first-order chi connectivity index (χ1) is 16.4. The molecule has 8 heteroatoms. The van der Waals surface area contributed by atoms with Gasteiger partial charge < -0.3 is 14.2 Å². The van der Waals surface area contributed by atoms with Crippen molar-refractivity contribution in [1.82, 2.24) is 4.90 Å². The fourth-order valence-electron chi connectivity index (χ4n) is 3.91. The van der Waals surface area contributed by atoms with Crippen LogP contribution in [0.25, 0.3) is 11.1 Å². The van der Waals surface area contributed by atoms with E-state index in [9.17, 15) is 14.4 Å². The van der Waals surface area contributed by atoms with Crippen molar-refractivity contribution in [3.63, 3.8) is 0 Å². The highest BCUT2D eigenvalue weighted by molar-refractivity contribution is 5.84. The summed E-state index contributed by atoms with van der Waals surface area (Å²) in [7, 11) is 1.43. The Morgan fingerprint density at radius 2 is 1.59 bits per heavy atom. The van der Waals surface area contributed by atoms with Crippen molar-refractivity contribution in [2.45, 2.75) is 44.8 Å². The second-order valence-corrected chi connectivity index (χ2v) is 7.97. The Morgan fingerprint density at radius 3 is 2.15 bits per heavy atom. The van der Waals surface area contributed by atoms with Crippen LogP contribution in [0, 0.1) is 11.3 Å².